The quantitative estimate of drug-likeness (QED) is 0.297. The fraction of sp³-hybridized carbons (Fsp3) is 0.286. The van der Waals surface area contributed by atoms with Gasteiger partial charge in [-0.05, 0) is 37.1 Å². The maximum atomic E-state index is 12.2. The van der Waals surface area contributed by atoms with Gasteiger partial charge in [-0.1, -0.05) is 23.9 Å². The van der Waals surface area contributed by atoms with E-state index in [0.717, 1.165) is 16.9 Å². The number of anilines is 1. The SMILES string of the molecule is CCOC(=O)c1sc2nc(CSc3nnc(Cc4ccc(OC)cc4)o3)nc(N)c2c1C. The Labute approximate surface area is 192 Å². The summed E-state index contributed by atoms with van der Waals surface area (Å²) in [6.45, 7) is 3.90. The molecule has 11 heteroatoms. The Morgan fingerprint density at radius 3 is 2.72 bits per heavy atom. The molecule has 0 radical (unpaired) electrons. The van der Waals surface area contributed by atoms with Gasteiger partial charge in [-0.3, -0.25) is 0 Å². The molecule has 0 aliphatic rings. The summed E-state index contributed by atoms with van der Waals surface area (Å²) in [6, 6.07) is 7.68. The number of hydrogen-bond donors (Lipinski definition) is 1. The van der Waals surface area contributed by atoms with Crippen molar-refractivity contribution >= 4 is 45.1 Å². The number of methoxy groups -OCH3 is 1. The van der Waals surface area contributed by atoms with Crippen molar-refractivity contribution in [2.24, 2.45) is 0 Å². The monoisotopic (exact) mass is 471 g/mol. The number of thioether (sulfide) groups is 1. The van der Waals surface area contributed by atoms with E-state index in [2.05, 4.69) is 20.2 Å². The van der Waals surface area contributed by atoms with Gasteiger partial charge in [0.1, 0.15) is 27.1 Å². The zero-order chi connectivity index (χ0) is 22.7. The van der Waals surface area contributed by atoms with Crippen LogP contribution < -0.4 is 10.5 Å². The van der Waals surface area contributed by atoms with Crippen LogP contribution in [0.4, 0.5) is 5.82 Å². The van der Waals surface area contributed by atoms with E-state index in [9.17, 15) is 4.79 Å². The Kier molecular flexibility index (Phi) is 6.56. The van der Waals surface area contributed by atoms with Crippen molar-refractivity contribution in [3.05, 3.63) is 52.0 Å². The largest absolute Gasteiger partial charge is 0.497 e. The van der Waals surface area contributed by atoms with Crippen molar-refractivity contribution in [2.45, 2.75) is 31.2 Å². The third kappa shape index (κ3) is 4.68. The summed E-state index contributed by atoms with van der Waals surface area (Å²) in [6.07, 6.45) is 0.526. The van der Waals surface area contributed by atoms with Gasteiger partial charge in [0.15, 0.2) is 0 Å². The van der Waals surface area contributed by atoms with E-state index in [4.69, 9.17) is 19.6 Å². The lowest BCUT2D eigenvalue weighted by Crippen LogP contribution is -2.03. The molecule has 1 aromatic carbocycles. The molecular weight excluding hydrogens is 450 g/mol. The highest BCUT2D eigenvalue weighted by molar-refractivity contribution is 7.98. The molecule has 0 saturated heterocycles. The number of carbonyl (C=O) groups is 1. The number of thiophene rings is 1. The molecule has 3 aromatic heterocycles. The molecule has 0 atom stereocenters. The molecule has 0 spiro atoms. The number of hydrogen-bond acceptors (Lipinski definition) is 11. The molecule has 3 heterocycles. The molecule has 0 unspecified atom stereocenters. The zero-order valence-corrected chi connectivity index (χ0v) is 19.4. The van der Waals surface area contributed by atoms with Gasteiger partial charge >= 0.3 is 5.97 Å². The highest BCUT2D eigenvalue weighted by atomic mass is 32.2. The molecule has 4 aromatic rings. The molecule has 32 heavy (non-hydrogen) atoms. The molecule has 0 aliphatic carbocycles. The number of nitrogens with zero attached hydrogens (tertiary/aromatic N) is 4. The number of nitrogens with two attached hydrogens (primary N) is 1. The highest BCUT2D eigenvalue weighted by Gasteiger charge is 2.20. The number of benzene rings is 1. The van der Waals surface area contributed by atoms with Crippen LogP contribution in [0.2, 0.25) is 0 Å². The van der Waals surface area contributed by atoms with Gasteiger partial charge in [-0.2, -0.15) is 0 Å². The standard InChI is InChI=1S/C21H21N5O4S2/c1-4-29-20(27)17-11(2)16-18(22)23-14(24-19(16)32-17)10-31-21-26-25-15(30-21)9-12-5-7-13(28-3)8-6-12/h5-8H,4,9-10H2,1-3H3,(H2,22,23,24). The number of aromatic nitrogens is 4. The molecule has 9 nitrogen and oxygen atoms in total. The summed E-state index contributed by atoms with van der Waals surface area (Å²) in [5.74, 6) is 2.19. The van der Waals surface area contributed by atoms with Gasteiger partial charge in [-0.15, -0.1) is 21.5 Å². The van der Waals surface area contributed by atoms with Gasteiger partial charge in [0.05, 0.1) is 31.3 Å². The van der Waals surface area contributed by atoms with E-state index in [1.165, 1.54) is 23.1 Å². The fourth-order valence-corrected chi connectivity index (χ4v) is 4.82. The predicted octanol–water partition coefficient (Wildman–Crippen LogP) is 4.03. The maximum absolute atomic E-state index is 12.2. The second-order valence-corrected chi connectivity index (χ2v) is 8.68. The Morgan fingerprint density at radius 1 is 1.22 bits per heavy atom. The van der Waals surface area contributed by atoms with Crippen LogP contribution in [-0.4, -0.2) is 39.9 Å². The number of esters is 1. The van der Waals surface area contributed by atoms with Crippen molar-refractivity contribution in [3.63, 3.8) is 0 Å². The lowest BCUT2D eigenvalue weighted by Gasteiger charge is -2.02. The van der Waals surface area contributed by atoms with E-state index in [1.54, 1.807) is 14.0 Å². The van der Waals surface area contributed by atoms with Gasteiger partial charge in [-0.25, -0.2) is 14.8 Å². The summed E-state index contributed by atoms with van der Waals surface area (Å²) < 4.78 is 16.0. The third-order valence-corrected chi connectivity index (χ3v) is 6.59. The van der Waals surface area contributed by atoms with Gasteiger partial charge in [0, 0.05) is 0 Å². The first-order valence-corrected chi connectivity index (χ1v) is 11.6. The van der Waals surface area contributed by atoms with E-state index >= 15 is 0 Å². The Hall–Kier alpha value is -3.18. The van der Waals surface area contributed by atoms with Crippen molar-refractivity contribution in [1.29, 1.82) is 0 Å². The molecule has 4 rings (SSSR count). The molecule has 2 N–H and O–H groups in total. The van der Waals surface area contributed by atoms with Gasteiger partial charge < -0.3 is 19.6 Å². The number of aryl methyl sites for hydroxylation is 1. The minimum absolute atomic E-state index is 0.306. The van der Waals surface area contributed by atoms with E-state index in [0.29, 0.717) is 56.6 Å². The summed E-state index contributed by atoms with van der Waals surface area (Å²) in [4.78, 5) is 22.3. The third-order valence-electron chi connectivity index (χ3n) is 4.61. The predicted molar refractivity (Wildman–Crippen MR) is 122 cm³/mol. The van der Waals surface area contributed by atoms with Crippen LogP contribution in [0.5, 0.6) is 5.75 Å². The van der Waals surface area contributed by atoms with E-state index < -0.39 is 0 Å². The molecule has 0 fully saturated rings. The molecule has 0 bridgehead atoms. The summed E-state index contributed by atoms with van der Waals surface area (Å²) >= 11 is 2.58. The van der Waals surface area contributed by atoms with Crippen LogP contribution in [0.25, 0.3) is 10.2 Å². The normalized spacial score (nSPS) is 11.1. The lowest BCUT2D eigenvalue weighted by atomic mass is 10.1. The van der Waals surface area contributed by atoms with Crippen molar-refractivity contribution in [2.75, 3.05) is 19.5 Å². The first kappa shape index (κ1) is 22.0. The smallest absolute Gasteiger partial charge is 0.348 e. The number of rotatable bonds is 8. The zero-order valence-electron chi connectivity index (χ0n) is 17.7. The fourth-order valence-electron chi connectivity index (χ4n) is 3.08. The molecule has 0 aliphatic heterocycles. The topological polar surface area (TPSA) is 126 Å². The van der Waals surface area contributed by atoms with Crippen LogP contribution in [0.15, 0.2) is 33.9 Å². The van der Waals surface area contributed by atoms with Crippen molar-refractivity contribution < 1.29 is 18.7 Å². The van der Waals surface area contributed by atoms with Crippen LogP contribution in [0.3, 0.4) is 0 Å². The van der Waals surface area contributed by atoms with Crippen LogP contribution in [0, 0.1) is 6.92 Å². The second kappa shape index (κ2) is 9.53. The average molecular weight is 472 g/mol. The number of nitrogen functional groups attached to an aromatic ring is 1. The average Bonchev–Trinajstić information content (AvgIpc) is 3.37. The minimum Gasteiger partial charge on any atom is -0.497 e. The van der Waals surface area contributed by atoms with E-state index in [1.807, 2.05) is 31.2 Å². The summed E-state index contributed by atoms with van der Waals surface area (Å²) in [5.41, 5.74) is 7.93. The molecule has 0 saturated carbocycles. The number of carbonyl (C=O) groups excluding carboxylic acids is 1. The number of fused-ring (bicyclic) bond motifs is 1. The van der Waals surface area contributed by atoms with Crippen LogP contribution >= 0.6 is 23.1 Å². The van der Waals surface area contributed by atoms with Gasteiger partial charge in [0.2, 0.25) is 5.89 Å². The molecular formula is C21H21N5O4S2. The van der Waals surface area contributed by atoms with Crippen LogP contribution in [0.1, 0.15) is 39.4 Å². The summed E-state index contributed by atoms with van der Waals surface area (Å²) in [5, 5.41) is 9.29. The second-order valence-electron chi connectivity index (χ2n) is 6.76. The Bertz CT molecular complexity index is 1250. The summed E-state index contributed by atoms with van der Waals surface area (Å²) in [7, 11) is 1.63. The first-order valence-electron chi connectivity index (χ1n) is 9.79. The van der Waals surface area contributed by atoms with Crippen molar-refractivity contribution in [3.8, 4) is 5.75 Å². The van der Waals surface area contributed by atoms with Crippen molar-refractivity contribution in [1.82, 2.24) is 20.2 Å². The van der Waals surface area contributed by atoms with Gasteiger partial charge in [0.25, 0.3) is 5.22 Å². The van der Waals surface area contributed by atoms with Crippen LogP contribution in [-0.2, 0) is 16.9 Å². The lowest BCUT2D eigenvalue weighted by molar-refractivity contribution is 0.0531. The number of ether oxygens (including phenoxy) is 2. The highest BCUT2D eigenvalue weighted by Crippen LogP contribution is 2.34. The first-order chi connectivity index (χ1) is 15.5. The Balaban J connectivity index is 1.45. The van der Waals surface area contributed by atoms with E-state index in [-0.39, 0.29) is 5.97 Å². The maximum Gasteiger partial charge on any atom is 0.348 e. The molecule has 0 amide bonds. The minimum atomic E-state index is -0.376. The molecule has 166 valence electrons. The Morgan fingerprint density at radius 2 is 2.00 bits per heavy atom.